The second kappa shape index (κ2) is 7.72. The Morgan fingerprint density at radius 2 is 2.35 bits per heavy atom. The van der Waals surface area contributed by atoms with Crippen LogP contribution in [0.4, 0.5) is 5.00 Å². The standard InChI is InChI=1S/C18H19N3O4S/c1-3-13(25-18(23)14-5-4-8-24-14)16(22)20-17-12(9-19)11-6-7-21(2)10-15(11)26-17/h4-5,8,13H,3,6-7,10H2,1-2H3,(H,20,22). The van der Waals surface area contributed by atoms with Crippen LogP contribution in [0.1, 0.15) is 39.9 Å². The summed E-state index contributed by atoms with van der Waals surface area (Å²) in [5, 5.41) is 12.8. The summed E-state index contributed by atoms with van der Waals surface area (Å²) in [6, 6.07) is 5.25. The molecule has 1 N–H and O–H groups in total. The summed E-state index contributed by atoms with van der Waals surface area (Å²) in [4.78, 5) is 27.8. The maximum Gasteiger partial charge on any atom is 0.374 e. The van der Waals surface area contributed by atoms with Crippen LogP contribution in [0.3, 0.4) is 0 Å². The van der Waals surface area contributed by atoms with Gasteiger partial charge in [0.1, 0.15) is 11.1 Å². The molecule has 7 nitrogen and oxygen atoms in total. The molecular formula is C18H19N3O4S. The Morgan fingerprint density at radius 3 is 3.00 bits per heavy atom. The number of nitriles is 1. The molecule has 136 valence electrons. The smallest absolute Gasteiger partial charge is 0.374 e. The van der Waals surface area contributed by atoms with Crippen LogP contribution in [-0.4, -0.2) is 36.5 Å². The van der Waals surface area contributed by atoms with Gasteiger partial charge in [0.15, 0.2) is 6.10 Å². The van der Waals surface area contributed by atoms with Crippen LogP contribution in [0.15, 0.2) is 22.8 Å². The van der Waals surface area contributed by atoms with E-state index in [9.17, 15) is 14.9 Å². The summed E-state index contributed by atoms with van der Waals surface area (Å²) in [5.41, 5.74) is 1.52. The third-order valence-corrected chi connectivity index (χ3v) is 5.36. The molecule has 0 fully saturated rings. The number of anilines is 1. The van der Waals surface area contributed by atoms with Crippen LogP contribution in [-0.2, 0) is 22.5 Å². The van der Waals surface area contributed by atoms with Crippen LogP contribution in [0.25, 0.3) is 0 Å². The molecule has 0 radical (unpaired) electrons. The second-order valence-corrected chi connectivity index (χ2v) is 7.18. The lowest BCUT2D eigenvalue weighted by Gasteiger charge is -2.21. The number of nitrogens with zero attached hydrogens (tertiary/aromatic N) is 2. The number of fused-ring (bicyclic) bond motifs is 1. The molecule has 3 heterocycles. The fraction of sp³-hybridized carbons (Fsp3) is 0.389. The zero-order valence-electron chi connectivity index (χ0n) is 14.6. The topological polar surface area (TPSA) is 95.6 Å². The number of thiophene rings is 1. The number of furan rings is 1. The molecule has 1 atom stereocenters. The third kappa shape index (κ3) is 3.64. The molecule has 1 aliphatic rings. The number of amides is 1. The predicted molar refractivity (Wildman–Crippen MR) is 95.9 cm³/mol. The van der Waals surface area contributed by atoms with E-state index in [-0.39, 0.29) is 5.76 Å². The van der Waals surface area contributed by atoms with E-state index in [0.717, 1.165) is 30.0 Å². The van der Waals surface area contributed by atoms with Crippen molar-refractivity contribution in [1.29, 1.82) is 5.26 Å². The van der Waals surface area contributed by atoms with E-state index >= 15 is 0 Å². The van der Waals surface area contributed by atoms with E-state index in [1.54, 1.807) is 13.0 Å². The summed E-state index contributed by atoms with van der Waals surface area (Å²) in [5.74, 6) is -1.09. The van der Waals surface area contributed by atoms with Crippen molar-refractivity contribution >= 4 is 28.2 Å². The molecule has 0 saturated carbocycles. The van der Waals surface area contributed by atoms with E-state index in [1.165, 1.54) is 23.7 Å². The zero-order valence-corrected chi connectivity index (χ0v) is 15.4. The first kappa shape index (κ1) is 18.2. The van der Waals surface area contributed by atoms with Crippen molar-refractivity contribution < 1.29 is 18.7 Å². The van der Waals surface area contributed by atoms with Crippen molar-refractivity contribution in [1.82, 2.24) is 4.90 Å². The molecule has 8 heteroatoms. The summed E-state index contributed by atoms with van der Waals surface area (Å²) < 4.78 is 10.2. The maximum atomic E-state index is 12.6. The minimum Gasteiger partial charge on any atom is -0.457 e. The summed E-state index contributed by atoms with van der Waals surface area (Å²) in [7, 11) is 2.02. The van der Waals surface area contributed by atoms with Crippen LogP contribution < -0.4 is 5.32 Å². The zero-order chi connectivity index (χ0) is 18.7. The Morgan fingerprint density at radius 1 is 1.54 bits per heavy atom. The van der Waals surface area contributed by atoms with Gasteiger partial charge in [-0.1, -0.05) is 6.92 Å². The molecule has 1 aliphatic heterocycles. The van der Waals surface area contributed by atoms with Gasteiger partial charge >= 0.3 is 5.97 Å². The number of hydrogen-bond donors (Lipinski definition) is 1. The number of rotatable bonds is 5. The number of esters is 1. The summed E-state index contributed by atoms with van der Waals surface area (Å²) in [6.07, 6.45) is 1.50. The van der Waals surface area contributed by atoms with E-state index in [0.29, 0.717) is 17.0 Å². The van der Waals surface area contributed by atoms with E-state index in [4.69, 9.17) is 9.15 Å². The predicted octanol–water partition coefficient (Wildman–Crippen LogP) is 2.77. The van der Waals surface area contributed by atoms with E-state index in [1.807, 2.05) is 7.05 Å². The van der Waals surface area contributed by atoms with Crippen LogP contribution >= 0.6 is 11.3 Å². The number of nitrogens with one attached hydrogen (secondary N) is 1. The van der Waals surface area contributed by atoms with E-state index < -0.39 is 18.0 Å². The Labute approximate surface area is 155 Å². The van der Waals surface area contributed by atoms with Crippen LogP contribution in [0.2, 0.25) is 0 Å². The van der Waals surface area contributed by atoms with Gasteiger partial charge in [-0.25, -0.2) is 4.79 Å². The molecule has 2 aromatic heterocycles. The first-order chi connectivity index (χ1) is 12.5. The van der Waals surface area contributed by atoms with Gasteiger partial charge in [0.2, 0.25) is 5.76 Å². The fourth-order valence-corrected chi connectivity index (χ4v) is 4.12. The van der Waals surface area contributed by atoms with Crippen molar-refractivity contribution in [2.75, 3.05) is 18.9 Å². The van der Waals surface area contributed by atoms with Gasteiger partial charge in [-0.3, -0.25) is 4.79 Å². The minimum atomic E-state index is -0.957. The lowest BCUT2D eigenvalue weighted by molar-refractivity contribution is -0.124. The number of hydrogen-bond acceptors (Lipinski definition) is 7. The highest BCUT2D eigenvalue weighted by atomic mass is 32.1. The van der Waals surface area contributed by atoms with Crippen molar-refractivity contribution in [2.45, 2.75) is 32.4 Å². The lowest BCUT2D eigenvalue weighted by atomic mass is 10.0. The molecular weight excluding hydrogens is 354 g/mol. The summed E-state index contributed by atoms with van der Waals surface area (Å²) in [6.45, 7) is 3.39. The molecule has 2 aromatic rings. The fourth-order valence-electron chi connectivity index (χ4n) is 2.83. The largest absolute Gasteiger partial charge is 0.457 e. The normalized spacial score (nSPS) is 15.0. The first-order valence-corrected chi connectivity index (χ1v) is 9.13. The van der Waals surface area contributed by atoms with Gasteiger partial charge in [-0.05, 0) is 37.6 Å². The average molecular weight is 373 g/mol. The van der Waals surface area contributed by atoms with Gasteiger partial charge in [-0.2, -0.15) is 5.26 Å². The van der Waals surface area contributed by atoms with Crippen molar-refractivity contribution in [3.63, 3.8) is 0 Å². The highest BCUT2D eigenvalue weighted by molar-refractivity contribution is 7.16. The molecule has 1 amide bonds. The highest BCUT2D eigenvalue weighted by Gasteiger charge is 2.27. The Kier molecular flexibility index (Phi) is 5.40. The summed E-state index contributed by atoms with van der Waals surface area (Å²) >= 11 is 1.41. The van der Waals surface area contributed by atoms with E-state index in [2.05, 4.69) is 16.3 Å². The van der Waals surface area contributed by atoms with Gasteiger partial charge in [-0.15, -0.1) is 11.3 Å². The van der Waals surface area contributed by atoms with Crippen LogP contribution in [0.5, 0.6) is 0 Å². The number of carbonyl (C=O) groups is 2. The second-order valence-electron chi connectivity index (χ2n) is 6.08. The Balaban J connectivity index is 1.74. The maximum absolute atomic E-state index is 12.6. The molecule has 0 bridgehead atoms. The third-order valence-electron chi connectivity index (χ3n) is 4.23. The van der Waals surface area contributed by atoms with Crippen molar-refractivity contribution in [2.24, 2.45) is 0 Å². The average Bonchev–Trinajstić information content (AvgIpc) is 3.26. The molecule has 3 rings (SSSR count). The molecule has 0 aromatic carbocycles. The highest BCUT2D eigenvalue weighted by Crippen LogP contribution is 2.36. The minimum absolute atomic E-state index is 0.0450. The quantitative estimate of drug-likeness (QED) is 0.810. The monoisotopic (exact) mass is 373 g/mol. The van der Waals surface area contributed by atoms with Gasteiger partial charge < -0.3 is 19.4 Å². The van der Waals surface area contributed by atoms with Crippen LogP contribution in [0, 0.1) is 11.3 Å². The Hall–Kier alpha value is -2.63. The molecule has 26 heavy (non-hydrogen) atoms. The molecule has 0 saturated heterocycles. The van der Waals surface area contributed by atoms with Crippen molar-refractivity contribution in [3.8, 4) is 6.07 Å². The van der Waals surface area contributed by atoms with Gasteiger partial charge in [0.25, 0.3) is 5.91 Å². The molecule has 0 spiro atoms. The van der Waals surface area contributed by atoms with Crippen molar-refractivity contribution in [3.05, 3.63) is 40.2 Å². The molecule has 1 unspecified atom stereocenters. The number of carbonyl (C=O) groups excluding carboxylic acids is 2. The molecule has 0 aliphatic carbocycles. The van der Waals surface area contributed by atoms with Gasteiger partial charge in [0, 0.05) is 18.0 Å². The first-order valence-electron chi connectivity index (χ1n) is 8.32. The van der Waals surface area contributed by atoms with Gasteiger partial charge in [0.05, 0.1) is 11.8 Å². The Bertz CT molecular complexity index is 851. The number of likely N-dealkylation sites (N-methyl/N-ethyl adjacent to an activating group) is 1. The number of ether oxygens (including phenoxy) is 1. The SMILES string of the molecule is CCC(OC(=O)c1ccco1)C(=O)Nc1sc2c(c1C#N)CCN(C)C2. The lowest BCUT2D eigenvalue weighted by Crippen LogP contribution is -2.32.